The third-order valence-electron chi connectivity index (χ3n) is 4.20. The lowest BCUT2D eigenvalue weighted by molar-refractivity contribution is 0.0731. The molecule has 0 saturated carbocycles. The molecule has 0 aromatic heterocycles. The monoisotopic (exact) mass is 250 g/mol. The van der Waals surface area contributed by atoms with Gasteiger partial charge in [-0.2, -0.15) is 0 Å². The van der Waals surface area contributed by atoms with Crippen LogP contribution in [-0.2, 0) is 6.54 Å². The smallest absolute Gasteiger partial charge is 0.125 e. The van der Waals surface area contributed by atoms with Crippen LogP contribution in [0.3, 0.4) is 0 Å². The van der Waals surface area contributed by atoms with E-state index in [-0.39, 0.29) is 5.82 Å². The molecule has 3 unspecified atom stereocenters. The number of nitrogen functional groups attached to an aromatic ring is 1. The van der Waals surface area contributed by atoms with Crippen molar-refractivity contribution in [2.45, 2.75) is 39.8 Å². The van der Waals surface area contributed by atoms with Gasteiger partial charge in [-0.05, 0) is 42.9 Å². The number of halogens is 1. The van der Waals surface area contributed by atoms with Crippen LogP contribution < -0.4 is 5.73 Å². The predicted molar refractivity (Wildman–Crippen MR) is 73.6 cm³/mol. The molecule has 1 aromatic carbocycles. The second-order valence-corrected chi connectivity index (χ2v) is 5.83. The van der Waals surface area contributed by atoms with Crippen LogP contribution in [0.15, 0.2) is 18.2 Å². The number of likely N-dealkylation sites (tertiary alicyclic amines) is 1. The highest BCUT2D eigenvalue weighted by atomic mass is 19.1. The quantitative estimate of drug-likeness (QED) is 0.816. The maximum Gasteiger partial charge on any atom is 0.125 e. The lowest BCUT2D eigenvalue weighted by Gasteiger charge is -2.41. The SMILES string of the molecule is CC1CC(C)C(C)N(Cc2ccc(F)cc2N)C1. The summed E-state index contributed by atoms with van der Waals surface area (Å²) < 4.78 is 13.0. The first-order valence-corrected chi connectivity index (χ1v) is 6.75. The highest BCUT2D eigenvalue weighted by molar-refractivity contribution is 5.46. The fraction of sp³-hybridized carbons (Fsp3) is 0.600. The molecule has 0 aliphatic carbocycles. The Labute approximate surface area is 109 Å². The summed E-state index contributed by atoms with van der Waals surface area (Å²) in [5.41, 5.74) is 7.48. The third kappa shape index (κ3) is 2.83. The van der Waals surface area contributed by atoms with Gasteiger partial charge < -0.3 is 5.73 Å². The first kappa shape index (κ1) is 13.3. The largest absolute Gasteiger partial charge is 0.398 e. The number of rotatable bonds is 2. The standard InChI is InChI=1S/C15H23FN2/c1-10-6-11(2)12(3)18(8-10)9-13-4-5-14(16)7-15(13)17/h4-5,7,10-12H,6,8-9,17H2,1-3H3. The van der Waals surface area contributed by atoms with Crippen molar-refractivity contribution in [1.29, 1.82) is 0 Å². The second-order valence-electron chi connectivity index (χ2n) is 5.83. The van der Waals surface area contributed by atoms with E-state index in [1.165, 1.54) is 18.6 Å². The van der Waals surface area contributed by atoms with Crippen LogP contribution in [0.5, 0.6) is 0 Å². The van der Waals surface area contributed by atoms with E-state index >= 15 is 0 Å². The number of nitrogens with zero attached hydrogens (tertiary/aromatic N) is 1. The molecule has 100 valence electrons. The third-order valence-corrected chi connectivity index (χ3v) is 4.20. The Balaban J connectivity index is 2.12. The Morgan fingerprint density at radius 1 is 1.33 bits per heavy atom. The minimum atomic E-state index is -0.260. The van der Waals surface area contributed by atoms with Gasteiger partial charge in [0.25, 0.3) is 0 Å². The molecule has 0 bridgehead atoms. The van der Waals surface area contributed by atoms with Crippen LogP contribution in [0.2, 0.25) is 0 Å². The van der Waals surface area contributed by atoms with E-state index in [4.69, 9.17) is 5.73 Å². The Morgan fingerprint density at radius 3 is 2.72 bits per heavy atom. The van der Waals surface area contributed by atoms with Crippen molar-refractivity contribution in [3.8, 4) is 0 Å². The van der Waals surface area contributed by atoms with Crippen molar-refractivity contribution in [3.05, 3.63) is 29.6 Å². The van der Waals surface area contributed by atoms with Gasteiger partial charge >= 0.3 is 0 Å². The molecule has 1 aliphatic rings. The molecule has 1 fully saturated rings. The van der Waals surface area contributed by atoms with Crippen LogP contribution in [0.25, 0.3) is 0 Å². The minimum Gasteiger partial charge on any atom is -0.398 e. The van der Waals surface area contributed by atoms with E-state index < -0.39 is 0 Å². The molecule has 0 amide bonds. The molecule has 3 heteroatoms. The van der Waals surface area contributed by atoms with Crippen molar-refractivity contribution >= 4 is 5.69 Å². The minimum absolute atomic E-state index is 0.260. The predicted octanol–water partition coefficient (Wildman–Crippen LogP) is 3.27. The first-order chi connectivity index (χ1) is 8.47. The van der Waals surface area contributed by atoms with Gasteiger partial charge in [-0.15, -0.1) is 0 Å². The summed E-state index contributed by atoms with van der Waals surface area (Å²) in [6.07, 6.45) is 1.29. The molecule has 1 aromatic rings. The lowest BCUT2D eigenvalue weighted by Crippen LogP contribution is -2.45. The number of hydrogen-bond donors (Lipinski definition) is 1. The molecule has 1 saturated heterocycles. The van der Waals surface area contributed by atoms with Crippen LogP contribution in [-0.4, -0.2) is 17.5 Å². The maximum atomic E-state index is 13.0. The Kier molecular flexibility index (Phi) is 3.91. The average molecular weight is 250 g/mol. The Morgan fingerprint density at radius 2 is 2.06 bits per heavy atom. The van der Waals surface area contributed by atoms with Crippen LogP contribution >= 0.6 is 0 Å². The van der Waals surface area contributed by atoms with Gasteiger partial charge in [0, 0.05) is 24.8 Å². The number of hydrogen-bond acceptors (Lipinski definition) is 2. The molecule has 0 spiro atoms. The number of piperidine rings is 1. The lowest BCUT2D eigenvalue weighted by atomic mass is 9.85. The maximum absolute atomic E-state index is 13.0. The van der Waals surface area contributed by atoms with Gasteiger partial charge in [0.1, 0.15) is 5.82 Å². The fourth-order valence-electron chi connectivity index (χ4n) is 2.97. The van der Waals surface area contributed by atoms with Crippen molar-refractivity contribution < 1.29 is 4.39 Å². The Bertz CT molecular complexity index is 419. The van der Waals surface area contributed by atoms with Gasteiger partial charge in [0.2, 0.25) is 0 Å². The van der Waals surface area contributed by atoms with E-state index in [0.717, 1.165) is 24.6 Å². The summed E-state index contributed by atoms with van der Waals surface area (Å²) >= 11 is 0. The topological polar surface area (TPSA) is 29.3 Å². The molecule has 1 heterocycles. The molecule has 2 N–H and O–H groups in total. The molecule has 1 aliphatic heterocycles. The van der Waals surface area contributed by atoms with E-state index in [1.807, 2.05) is 0 Å². The summed E-state index contributed by atoms with van der Waals surface area (Å²) in [5, 5.41) is 0. The van der Waals surface area contributed by atoms with Gasteiger partial charge in [0.05, 0.1) is 0 Å². The number of benzene rings is 1. The van der Waals surface area contributed by atoms with Crippen molar-refractivity contribution in [3.63, 3.8) is 0 Å². The van der Waals surface area contributed by atoms with E-state index in [0.29, 0.717) is 17.6 Å². The molecular weight excluding hydrogens is 227 g/mol. The number of nitrogens with two attached hydrogens (primary N) is 1. The second kappa shape index (κ2) is 5.27. The summed E-state index contributed by atoms with van der Waals surface area (Å²) in [7, 11) is 0. The summed E-state index contributed by atoms with van der Waals surface area (Å²) in [6, 6.07) is 5.27. The van der Waals surface area contributed by atoms with Gasteiger partial charge in [-0.1, -0.05) is 19.9 Å². The van der Waals surface area contributed by atoms with E-state index in [2.05, 4.69) is 25.7 Å². The van der Waals surface area contributed by atoms with Crippen LogP contribution in [0.1, 0.15) is 32.8 Å². The molecule has 2 nitrogen and oxygen atoms in total. The normalized spacial score (nSPS) is 29.4. The zero-order valence-corrected chi connectivity index (χ0v) is 11.5. The van der Waals surface area contributed by atoms with E-state index in [1.54, 1.807) is 6.07 Å². The van der Waals surface area contributed by atoms with Gasteiger partial charge in [-0.3, -0.25) is 4.90 Å². The first-order valence-electron chi connectivity index (χ1n) is 6.75. The average Bonchev–Trinajstić information content (AvgIpc) is 2.29. The van der Waals surface area contributed by atoms with Gasteiger partial charge in [-0.25, -0.2) is 4.39 Å². The molecular formula is C15H23FN2. The number of anilines is 1. The Hall–Kier alpha value is -1.09. The zero-order valence-electron chi connectivity index (χ0n) is 11.5. The summed E-state index contributed by atoms with van der Waals surface area (Å²) in [5.74, 6) is 1.16. The van der Waals surface area contributed by atoms with E-state index in [9.17, 15) is 4.39 Å². The van der Waals surface area contributed by atoms with Crippen LogP contribution in [0.4, 0.5) is 10.1 Å². The highest BCUT2D eigenvalue weighted by Gasteiger charge is 2.28. The molecule has 3 atom stereocenters. The summed E-state index contributed by atoms with van der Waals surface area (Å²) in [6.45, 7) is 8.80. The molecule has 18 heavy (non-hydrogen) atoms. The van der Waals surface area contributed by atoms with Crippen molar-refractivity contribution in [1.82, 2.24) is 4.90 Å². The highest BCUT2D eigenvalue weighted by Crippen LogP contribution is 2.29. The molecule has 2 rings (SSSR count). The molecule has 0 radical (unpaired) electrons. The van der Waals surface area contributed by atoms with Gasteiger partial charge in [0.15, 0.2) is 0 Å². The summed E-state index contributed by atoms with van der Waals surface area (Å²) in [4.78, 5) is 2.46. The van der Waals surface area contributed by atoms with Crippen LogP contribution in [0, 0.1) is 17.7 Å². The van der Waals surface area contributed by atoms with Crippen molar-refractivity contribution in [2.75, 3.05) is 12.3 Å². The van der Waals surface area contributed by atoms with Crippen molar-refractivity contribution in [2.24, 2.45) is 11.8 Å². The fourth-order valence-corrected chi connectivity index (χ4v) is 2.97. The zero-order chi connectivity index (χ0) is 13.3.